The van der Waals surface area contributed by atoms with Crippen LogP contribution in [-0.2, 0) is 9.53 Å². The highest BCUT2D eigenvalue weighted by Gasteiger charge is 2.51. The fourth-order valence-corrected chi connectivity index (χ4v) is 5.09. The Bertz CT molecular complexity index is 476. The number of aromatic nitrogens is 1. The fourth-order valence-electron chi connectivity index (χ4n) is 3.33. The van der Waals surface area contributed by atoms with E-state index < -0.39 is 5.54 Å². The molecule has 2 atom stereocenters. The van der Waals surface area contributed by atoms with Gasteiger partial charge in [-0.25, -0.2) is 4.98 Å². The summed E-state index contributed by atoms with van der Waals surface area (Å²) >= 11 is 3.48. The molecule has 0 aliphatic heterocycles. The summed E-state index contributed by atoms with van der Waals surface area (Å²) in [6, 6.07) is 0.524. The summed E-state index contributed by atoms with van der Waals surface area (Å²) in [7, 11) is 1.51. The lowest BCUT2D eigenvalue weighted by Crippen LogP contribution is -2.56. The summed E-state index contributed by atoms with van der Waals surface area (Å²) in [4.78, 5) is 16.7. The lowest BCUT2D eigenvalue weighted by Gasteiger charge is -2.34. The van der Waals surface area contributed by atoms with Gasteiger partial charge in [-0.15, -0.1) is 11.3 Å². The van der Waals surface area contributed by atoms with E-state index in [0.717, 1.165) is 35.8 Å². The molecule has 2 unspecified atom stereocenters. The van der Waals surface area contributed by atoms with Crippen LogP contribution in [0, 0.1) is 5.92 Å². The number of nitrogens with one attached hydrogen (secondary N) is 1. The molecule has 2 aliphatic rings. The van der Waals surface area contributed by atoms with E-state index in [1.54, 1.807) is 23.1 Å². The first kappa shape index (κ1) is 15.3. The van der Waals surface area contributed by atoms with Gasteiger partial charge in [0.15, 0.2) is 0 Å². The largest absolute Gasteiger partial charge is 0.468 e. The molecule has 21 heavy (non-hydrogen) atoms. The normalized spacial score (nSPS) is 28.7. The first-order valence-electron chi connectivity index (χ1n) is 7.63. The molecule has 0 saturated heterocycles. The summed E-state index contributed by atoms with van der Waals surface area (Å²) in [5.74, 6) is 1.35. The van der Waals surface area contributed by atoms with Crippen LogP contribution in [0.3, 0.4) is 0 Å². The number of hydrogen-bond donors (Lipinski definition) is 1. The van der Waals surface area contributed by atoms with Crippen molar-refractivity contribution in [1.82, 2.24) is 10.3 Å². The maximum absolute atomic E-state index is 12.4. The smallest absolute Gasteiger partial charge is 0.326 e. The van der Waals surface area contributed by atoms with Crippen molar-refractivity contribution in [2.45, 2.75) is 54.4 Å². The molecule has 0 bridgehead atoms. The topological polar surface area (TPSA) is 51.2 Å². The zero-order valence-electron chi connectivity index (χ0n) is 12.3. The van der Waals surface area contributed by atoms with Crippen LogP contribution in [0.5, 0.6) is 0 Å². The molecule has 0 amide bonds. The fraction of sp³-hybridized carbons (Fsp3) is 0.733. The van der Waals surface area contributed by atoms with E-state index in [1.165, 1.54) is 20.0 Å². The van der Waals surface area contributed by atoms with Crippen LogP contribution >= 0.6 is 23.1 Å². The van der Waals surface area contributed by atoms with Crippen molar-refractivity contribution < 1.29 is 9.53 Å². The molecule has 116 valence electrons. The second-order valence-electron chi connectivity index (χ2n) is 5.91. The number of thioether (sulfide) groups is 1. The molecule has 2 aliphatic carbocycles. The molecule has 3 rings (SSSR count). The van der Waals surface area contributed by atoms with Crippen molar-refractivity contribution in [2.75, 3.05) is 12.9 Å². The van der Waals surface area contributed by atoms with Gasteiger partial charge in [0.25, 0.3) is 0 Å². The standard InChI is InChI=1S/C15H22N2O2S2/c1-19-13(18)15(17-12-4-5-12)7-2-3-11(15)6-9-20-14-16-8-10-21-14/h8,10-12,17H,2-7,9H2,1H3. The number of rotatable bonds is 7. The summed E-state index contributed by atoms with van der Waals surface area (Å²) in [6.45, 7) is 0. The van der Waals surface area contributed by atoms with E-state index in [-0.39, 0.29) is 5.97 Å². The Labute approximate surface area is 134 Å². The van der Waals surface area contributed by atoms with Gasteiger partial charge >= 0.3 is 5.97 Å². The molecule has 0 spiro atoms. The van der Waals surface area contributed by atoms with Gasteiger partial charge in [0.1, 0.15) is 9.88 Å². The number of methoxy groups -OCH3 is 1. The second-order valence-corrected chi connectivity index (χ2v) is 8.14. The number of hydrogen-bond acceptors (Lipinski definition) is 6. The minimum atomic E-state index is -0.431. The SMILES string of the molecule is COC(=O)C1(NC2CC2)CCCC1CCSc1nccs1. The van der Waals surface area contributed by atoms with Crippen molar-refractivity contribution >= 4 is 29.1 Å². The van der Waals surface area contributed by atoms with Gasteiger partial charge in [0.05, 0.1) is 7.11 Å². The Balaban J connectivity index is 1.62. The molecule has 1 aromatic rings. The third kappa shape index (κ3) is 3.43. The van der Waals surface area contributed by atoms with Crippen molar-refractivity contribution in [1.29, 1.82) is 0 Å². The number of thiazole rings is 1. The highest BCUT2D eigenvalue weighted by Crippen LogP contribution is 2.42. The van der Waals surface area contributed by atoms with Crippen molar-refractivity contribution in [3.05, 3.63) is 11.6 Å². The van der Waals surface area contributed by atoms with Crippen LogP contribution in [-0.4, -0.2) is 35.4 Å². The van der Waals surface area contributed by atoms with Crippen LogP contribution in [0.4, 0.5) is 0 Å². The molecular formula is C15H22N2O2S2. The molecule has 4 nitrogen and oxygen atoms in total. The maximum Gasteiger partial charge on any atom is 0.326 e. The Morgan fingerprint density at radius 3 is 3.10 bits per heavy atom. The summed E-state index contributed by atoms with van der Waals surface area (Å²) in [6.07, 6.45) is 8.42. The van der Waals surface area contributed by atoms with Crippen LogP contribution in [0.15, 0.2) is 15.9 Å². The monoisotopic (exact) mass is 326 g/mol. The number of nitrogens with zero attached hydrogens (tertiary/aromatic N) is 1. The number of ether oxygens (including phenoxy) is 1. The van der Waals surface area contributed by atoms with Gasteiger partial charge in [0.2, 0.25) is 0 Å². The second kappa shape index (κ2) is 6.67. The molecule has 1 aromatic heterocycles. The third-order valence-corrected chi connectivity index (χ3v) is 6.51. The van der Waals surface area contributed by atoms with Crippen LogP contribution in [0.25, 0.3) is 0 Å². The molecule has 1 N–H and O–H groups in total. The quantitative estimate of drug-likeness (QED) is 0.616. The third-order valence-electron chi connectivity index (χ3n) is 4.51. The van der Waals surface area contributed by atoms with Crippen molar-refractivity contribution in [3.63, 3.8) is 0 Å². The van der Waals surface area contributed by atoms with E-state index in [4.69, 9.17) is 4.74 Å². The van der Waals surface area contributed by atoms with Crippen molar-refractivity contribution in [2.24, 2.45) is 5.92 Å². The van der Waals surface area contributed by atoms with E-state index >= 15 is 0 Å². The zero-order valence-corrected chi connectivity index (χ0v) is 14.0. The average Bonchev–Trinajstić information content (AvgIpc) is 2.99. The highest BCUT2D eigenvalue weighted by atomic mass is 32.2. The Morgan fingerprint density at radius 2 is 2.43 bits per heavy atom. The molecule has 2 fully saturated rings. The number of esters is 1. The summed E-state index contributed by atoms with van der Waals surface area (Å²) in [5, 5.41) is 5.62. The first-order chi connectivity index (χ1) is 10.2. The average molecular weight is 326 g/mol. The Hall–Kier alpha value is -0.590. The van der Waals surface area contributed by atoms with Crippen LogP contribution in [0.1, 0.15) is 38.5 Å². The minimum absolute atomic E-state index is 0.0591. The molecule has 6 heteroatoms. The van der Waals surface area contributed by atoms with Gasteiger partial charge < -0.3 is 4.74 Å². The van der Waals surface area contributed by atoms with E-state index in [2.05, 4.69) is 10.3 Å². The highest BCUT2D eigenvalue weighted by molar-refractivity contribution is 8.00. The van der Waals surface area contributed by atoms with E-state index in [0.29, 0.717) is 12.0 Å². The first-order valence-corrected chi connectivity index (χ1v) is 9.49. The van der Waals surface area contributed by atoms with Gasteiger partial charge in [-0.2, -0.15) is 0 Å². The van der Waals surface area contributed by atoms with Crippen LogP contribution < -0.4 is 5.32 Å². The zero-order chi connectivity index (χ0) is 14.7. The molecule has 2 saturated carbocycles. The maximum atomic E-state index is 12.4. The molecular weight excluding hydrogens is 304 g/mol. The van der Waals surface area contributed by atoms with E-state index in [9.17, 15) is 4.79 Å². The van der Waals surface area contributed by atoms with Crippen molar-refractivity contribution in [3.8, 4) is 0 Å². The Kier molecular flexibility index (Phi) is 4.86. The van der Waals surface area contributed by atoms with E-state index in [1.807, 2.05) is 11.6 Å². The van der Waals surface area contributed by atoms with Crippen LogP contribution in [0.2, 0.25) is 0 Å². The van der Waals surface area contributed by atoms with Gasteiger partial charge in [-0.05, 0) is 38.0 Å². The van der Waals surface area contributed by atoms with Gasteiger partial charge in [-0.1, -0.05) is 18.2 Å². The number of carbonyl (C=O) groups is 1. The van der Waals surface area contributed by atoms with Gasteiger partial charge in [-0.3, -0.25) is 10.1 Å². The molecule has 0 radical (unpaired) electrons. The summed E-state index contributed by atoms with van der Waals surface area (Å²) in [5.41, 5.74) is -0.431. The number of carbonyl (C=O) groups excluding carboxylic acids is 1. The predicted octanol–water partition coefficient (Wildman–Crippen LogP) is 3.09. The molecule has 1 heterocycles. The summed E-state index contributed by atoms with van der Waals surface area (Å²) < 4.78 is 6.25. The Morgan fingerprint density at radius 1 is 1.57 bits per heavy atom. The lowest BCUT2D eigenvalue weighted by atomic mass is 9.84. The minimum Gasteiger partial charge on any atom is -0.468 e. The lowest BCUT2D eigenvalue weighted by molar-refractivity contribution is -0.150. The van der Waals surface area contributed by atoms with Gasteiger partial charge in [0, 0.05) is 23.4 Å². The predicted molar refractivity (Wildman–Crippen MR) is 85.7 cm³/mol. The molecule has 0 aromatic carbocycles.